The van der Waals surface area contributed by atoms with Gasteiger partial charge >= 0.3 is 5.97 Å². The molecule has 0 bridgehead atoms. The van der Waals surface area contributed by atoms with Gasteiger partial charge in [0.1, 0.15) is 5.52 Å². The number of nitrogens with zero attached hydrogens (tertiary/aromatic N) is 2. The minimum absolute atomic E-state index is 0.0958. The van der Waals surface area contributed by atoms with Crippen molar-refractivity contribution in [2.45, 2.75) is 6.42 Å². The second kappa shape index (κ2) is 6.05. The number of methoxy groups -OCH3 is 1. The number of oxazole rings is 1. The molecule has 0 unspecified atom stereocenters. The van der Waals surface area contributed by atoms with E-state index < -0.39 is 5.92 Å². The molecule has 3 aromatic rings. The molecule has 2 aromatic carbocycles. The van der Waals surface area contributed by atoms with E-state index in [9.17, 15) is 9.59 Å². The Balaban J connectivity index is 1.66. The number of anilines is 1. The van der Waals surface area contributed by atoms with Crippen molar-refractivity contribution in [3.8, 4) is 11.5 Å². The van der Waals surface area contributed by atoms with Crippen LogP contribution in [0.4, 0.5) is 5.69 Å². The van der Waals surface area contributed by atoms with E-state index in [-0.39, 0.29) is 18.3 Å². The van der Waals surface area contributed by atoms with Gasteiger partial charge in [-0.2, -0.15) is 0 Å². The molecule has 126 valence electrons. The zero-order valence-electron chi connectivity index (χ0n) is 13.6. The van der Waals surface area contributed by atoms with Crippen LogP contribution < -0.4 is 4.90 Å². The summed E-state index contributed by atoms with van der Waals surface area (Å²) in [6.07, 6.45) is 0.165. The number of ether oxygens (including phenoxy) is 1. The molecule has 1 amide bonds. The highest BCUT2D eigenvalue weighted by molar-refractivity contribution is 6.00. The van der Waals surface area contributed by atoms with E-state index in [1.807, 2.05) is 36.4 Å². The molecule has 1 saturated heterocycles. The summed E-state index contributed by atoms with van der Waals surface area (Å²) in [6, 6.07) is 15.0. The van der Waals surface area contributed by atoms with Crippen LogP contribution in [-0.4, -0.2) is 30.5 Å². The maximum Gasteiger partial charge on any atom is 0.311 e. The number of carbonyl (C=O) groups excluding carboxylic acids is 2. The van der Waals surface area contributed by atoms with Crippen molar-refractivity contribution in [3.63, 3.8) is 0 Å². The molecule has 4 rings (SSSR count). The van der Waals surface area contributed by atoms with Crippen LogP contribution in [0.3, 0.4) is 0 Å². The maximum atomic E-state index is 12.2. The van der Waals surface area contributed by atoms with Gasteiger partial charge < -0.3 is 14.1 Å². The Morgan fingerprint density at radius 3 is 2.80 bits per heavy atom. The van der Waals surface area contributed by atoms with Crippen LogP contribution in [0.15, 0.2) is 52.9 Å². The molecule has 0 spiro atoms. The molecule has 0 N–H and O–H groups in total. The highest BCUT2D eigenvalue weighted by Gasteiger charge is 2.36. The summed E-state index contributed by atoms with van der Waals surface area (Å²) in [7, 11) is 1.34. The third-order valence-corrected chi connectivity index (χ3v) is 4.36. The molecular formula is C19H16N2O4. The van der Waals surface area contributed by atoms with Gasteiger partial charge in [0, 0.05) is 24.2 Å². The van der Waals surface area contributed by atoms with Crippen molar-refractivity contribution in [1.82, 2.24) is 4.98 Å². The summed E-state index contributed by atoms with van der Waals surface area (Å²) in [4.78, 5) is 30.0. The summed E-state index contributed by atoms with van der Waals surface area (Å²) in [5.74, 6) is -0.343. The topological polar surface area (TPSA) is 72.6 Å². The van der Waals surface area contributed by atoms with E-state index in [0.29, 0.717) is 29.2 Å². The molecule has 1 aromatic heterocycles. The van der Waals surface area contributed by atoms with Crippen LogP contribution in [0.25, 0.3) is 22.6 Å². The predicted molar refractivity (Wildman–Crippen MR) is 91.9 cm³/mol. The number of aromatic nitrogens is 1. The molecule has 2 heterocycles. The van der Waals surface area contributed by atoms with Gasteiger partial charge in [-0.05, 0) is 30.3 Å². The number of carbonyl (C=O) groups is 2. The van der Waals surface area contributed by atoms with Crippen LogP contribution in [-0.2, 0) is 14.3 Å². The first-order chi connectivity index (χ1) is 12.2. The summed E-state index contributed by atoms with van der Waals surface area (Å²) >= 11 is 0. The van der Waals surface area contributed by atoms with Crippen LogP contribution in [0.5, 0.6) is 0 Å². The minimum atomic E-state index is -0.426. The fourth-order valence-electron chi connectivity index (χ4n) is 3.07. The number of benzene rings is 2. The van der Waals surface area contributed by atoms with Crippen molar-refractivity contribution in [1.29, 1.82) is 0 Å². The largest absolute Gasteiger partial charge is 0.469 e. The molecule has 1 aliphatic rings. The molecule has 1 atom stereocenters. The molecule has 6 nitrogen and oxygen atoms in total. The summed E-state index contributed by atoms with van der Waals surface area (Å²) in [5.41, 5.74) is 2.92. The number of fused-ring (bicyclic) bond motifs is 1. The Bertz CT molecular complexity index is 948. The first kappa shape index (κ1) is 15.4. The maximum absolute atomic E-state index is 12.2. The fourth-order valence-corrected chi connectivity index (χ4v) is 3.07. The molecule has 1 aliphatic heterocycles. The first-order valence-electron chi connectivity index (χ1n) is 8.00. The summed E-state index contributed by atoms with van der Waals surface area (Å²) in [5, 5.41) is 0. The van der Waals surface area contributed by atoms with Gasteiger partial charge in [0.15, 0.2) is 5.58 Å². The minimum Gasteiger partial charge on any atom is -0.469 e. The van der Waals surface area contributed by atoms with Crippen LogP contribution in [0, 0.1) is 5.92 Å². The van der Waals surface area contributed by atoms with Crippen molar-refractivity contribution < 1.29 is 18.7 Å². The Labute approximate surface area is 144 Å². The fraction of sp³-hybridized carbons (Fsp3) is 0.211. The van der Waals surface area contributed by atoms with Crippen LogP contribution >= 0.6 is 0 Å². The first-order valence-corrected chi connectivity index (χ1v) is 8.00. The monoisotopic (exact) mass is 336 g/mol. The lowest BCUT2D eigenvalue weighted by Crippen LogP contribution is -2.26. The lowest BCUT2D eigenvalue weighted by atomic mass is 10.1. The van der Waals surface area contributed by atoms with Gasteiger partial charge in [-0.3, -0.25) is 9.59 Å². The van der Waals surface area contributed by atoms with Gasteiger partial charge in [-0.25, -0.2) is 4.98 Å². The lowest BCUT2D eigenvalue weighted by Gasteiger charge is -2.16. The second-order valence-electron chi connectivity index (χ2n) is 5.97. The molecule has 0 saturated carbocycles. The third kappa shape index (κ3) is 2.76. The highest BCUT2D eigenvalue weighted by atomic mass is 16.5. The number of esters is 1. The number of amides is 1. The SMILES string of the molecule is COC(=O)[C@@H]1CC(=O)N(c2ccc3oc(-c4ccccc4)nc3c2)C1. The molecule has 25 heavy (non-hydrogen) atoms. The zero-order chi connectivity index (χ0) is 17.4. The van der Waals surface area contributed by atoms with Crippen molar-refractivity contribution in [3.05, 3.63) is 48.5 Å². The number of rotatable bonds is 3. The Kier molecular flexibility index (Phi) is 3.72. The smallest absolute Gasteiger partial charge is 0.311 e. The van der Waals surface area contributed by atoms with E-state index in [0.717, 1.165) is 5.56 Å². The molecule has 0 radical (unpaired) electrons. The van der Waals surface area contributed by atoms with Gasteiger partial charge in [-0.1, -0.05) is 18.2 Å². The van der Waals surface area contributed by atoms with Crippen molar-refractivity contribution >= 4 is 28.7 Å². The Morgan fingerprint density at radius 2 is 2.04 bits per heavy atom. The van der Waals surface area contributed by atoms with Crippen LogP contribution in [0.1, 0.15) is 6.42 Å². The highest BCUT2D eigenvalue weighted by Crippen LogP contribution is 2.30. The lowest BCUT2D eigenvalue weighted by molar-refractivity contribution is -0.145. The second-order valence-corrected chi connectivity index (χ2v) is 5.97. The van der Waals surface area contributed by atoms with E-state index in [1.165, 1.54) is 7.11 Å². The van der Waals surface area contributed by atoms with E-state index in [1.54, 1.807) is 17.0 Å². The van der Waals surface area contributed by atoms with E-state index in [2.05, 4.69) is 4.98 Å². The summed E-state index contributed by atoms with van der Waals surface area (Å²) in [6.45, 7) is 0.320. The zero-order valence-corrected chi connectivity index (χ0v) is 13.6. The average molecular weight is 336 g/mol. The predicted octanol–water partition coefficient (Wildman–Crippen LogP) is 3.02. The average Bonchev–Trinajstić information content (AvgIpc) is 3.24. The number of hydrogen-bond donors (Lipinski definition) is 0. The molecule has 0 aliphatic carbocycles. The van der Waals surface area contributed by atoms with Gasteiger partial charge in [0.05, 0.1) is 13.0 Å². The van der Waals surface area contributed by atoms with Gasteiger partial charge in [0.25, 0.3) is 0 Å². The molecule has 6 heteroatoms. The Morgan fingerprint density at radius 1 is 1.24 bits per heavy atom. The van der Waals surface area contributed by atoms with Crippen molar-refractivity contribution in [2.75, 3.05) is 18.6 Å². The summed E-state index contributed by atoms with van der Waals surface area (Å²) < 4.78 is 10.5. The van der Waals surface area contributed by atoms with Gasteiger partial charge in [-0.15, -0.1) is 0 Å². The van der Waals surface area contributed by atoms with E-state index in [4.69, 9.17) is 9.15 Å². The van der Waals surface area contributed by atoms with E-state index >= 15 is 0 Å². The number of hydrogen-bond acceptors (Lipinski definition) is 5. The Hall–Kier alpha value is -3.15. The standard InChI is InChI=1S/C19H16N2O4/c1-24-19(23)13-9-17(22)21(11-13)14-7-8-16-15(10-14)20-18(25-16)12-5-3-2-4-6-12/h2-8,10,13H,9,11H2,1H3/t13-/m1/s1. The van der Waals surface area contributed by atoms with Crippen molar-refractivity contribution in [2.24, 2.45) is 5.92 Å². The third-order valence-electron chi connectivity index (χ3n) is 4.36. The van der Waals surface area contributed by atoms with Gasteiger partial charge in [0.2, 0.25) is 11.8 Å². The van der Waals surface area contributed by atoms with Crippen LogP contribution in [0.2, 0.25) is 0 Å². The normalized spacial score (nSPS) is 17.2. The molecular weight excluding hydrogens is 320 g/mol. The molecule has 1 fully saturated rings. The quantitative estimate of drug-likeness (QED) is 0.688.